The molecule has 0 saturated carbocycles. The summed E-state index contributed by atoms with van der Waals surface area (Å²) in [6, 6.07) is 19.3. The van der Waals surface area contributed by atoms with Crippen LogP contribution in [0.3, 0.4) is 0 Å². The van der Waals surface area contributed by atoms with Crippen LogP contribution in [0.15, 0.2) is 72.1 Å². The molecule has 0 aliphatic rings. The maximum Gasteiger partial charge on any atom is 0.303 e. The van der Waals surface area contributed by atoms with Crippen molar-refractivity contribution < 1.29 is 19.5 Å². The van der Waals surface area contributed by atoms with E-state index in [9.17, 15) is 14.4 Å². The molecule has 0 radical (unpaired) electrons. The van der Waals surface area contributed by atoms with Crippen LogP contribution in [0.25, 0.3) is 10.4 Å². The number of aliphatic carboxylic acids is 1. The van der Waals surface area contributed by atoms with E-state index >= 15 is 0 Å². The summed E-state index contributed by atoms with van der Waals surface area (Å²) in [5.41, 5.74) is 7.71. The number of thiophene rings is 1. The second kappa shape index (κ2) is 9.84. The van der Waals surface area contributed by atoms with Crippen molar-refractivity contribution in [3.8, 4) is 10.4 Å². The number of primary amides is 1. The van der Waals surface area contributed by atoms with E-state index in [2.05, 4.69) is 0 Å². The van der Waals surface area contributed by atoms with Crippen LogP contribution in [-0.2, 0) is 16.1 Å². The van der Waals surface area contributed by atoms with Crippen LogP contribution >= 0.6 is 11.3 Å². The predicted octanol–water partition coefficient (Wildman–Crippen LogP) is 3.78. The van der Waals surface area contributed by atoms with Gasteiger partial charge < -0.3 is 15.7 Å². The molecule has 0 bridgehead atoms. The highest BCUT2D eigenvalue weighted by Crippen LogP contribution is 2.26. The molecule has 0 fully saturated rings. The Morgan fingerprint density at radius 1 is 1.00 bits per heavy atom. The van der Waals surface area contributed by atoms with E-state index in [0.29, 0.717) is 5.56 Å². The van der Waals surface area contributed by atoms with Crippen LogP contribution in [-0.4, -0.2) is 33.8 Å². The summed E-state index contributed by atoms with van der Waals surface area (Å²) >= 11 is 1.57. The number of rotatable bonds is 9. The molecule has 154 valence electrons. The first kappa shape index (κ1) is 21.3. The normalized spacial score (nSPS) is 11.6. The predicted molar refractivity (Wildman–Crippen MR) is 116 cm³/mol. The molecule has 3 aromatic rings. The lowest BCUT2D eigenvalue weighted by Gasteiger charge is -2.30. The van der Waals surface area contributed by atoms with Crippen LogP contribution in [0.4, 0.5) is 0 Å². The Morgan fingerprint density at radius 2 is 1.77 bits per heavy atom. The lowest BCUT2D eigenvalue weighted by molar-refractivity contribution is -0.137. The van der Waals surface area contributed by atoms with Crippen molar-refractivity contribution >= 4 is 29.1 Å². The number of carboxylic acid groups (broad SMARTS) is 1. The quantitative estimate of drug-likeness (QED) is 0.548. The Morgan fingerprint density at radius 3 is 2.40 bits per heavy atom. The Balaban J connectivity index is 1.95. The third kappa shape index (κ3) is 5.33. The SMILES string of the molecule is NC(=O)[C@H](CCC(=O)O)N(Cc1ccccc1)C(=O)c1cccc(-c2cccs2)c1. The van der Waals surface area contributed by atoms with E-state index < -0.39 is 17.9 Å². The molecule has 0 aliphatic heterocycles. The average molecular weight is 423 g/mol. The molecule has 30 heavy (non-hydrogen) atoms. The number of hydrogen-bond donors (Lipinski definition) is 2. The first-order valence-electron chi connectivity index (χ1n) is 9.45. The van der Waals surface area contributed by atoms with Gasteiger partial charge >= 0.3 is 5.97 Å². The summed E-state index contributed by atoms with van der Waals surface area (Å²) < 4.78 is 0. The van der Waals surface area contributed by atoms with Gasteiger partial charge in [0.2, 0.25) is 5.91 Å². The summed E-state index contributed by atoms with van der Waals surface area (Å²) in [7, 11) is 0. The number of carbonyl (C=O) groups excluding carboxylic acids is 2. The molecule has 3 rings (SSSR count). The number of hydrogen-bond acceptors (Lipinski definition) is 4. The average Bonchev–Trinajstić information content (AvgIpc) is 3.28. The van der Waals surface area contributed by atoms with Crippen molar-refractivity contribution in [1.29, 1.82) is 0 Å². The molecule has 2 amide bonds. The van der Waals surface area contributed by atoms with Gasteiger partial charge in [-0.25, -0.2) is 0 Å². The third-order valence-corrected chi connectivity index (χ3v) is 5.63. The molecular weight excluding hydrogens is 400 g/mol. The van der Waals surface area contributed by atoms with E-state index in [1.807, 2.05) is 53.9 Å². The molecule has 0 spiro atoms. The fraction of sp³-hybridized carbons (Fsp3) is 0.174. The minimum absolute atomic E-state index is 0.0478. The number of benzene rings is 2. The smallest absolute Gasteiger partial charge is 0.303 e. The second-order valence-electron chi connectivity index (χ2n) is 6.83. The summed E-state index contributed by atoms with van der Waals surface area (Å²) in [5.74, 6) is -2.14. The van der Waals surface area contributed by atoms with Crippen LogP contribution in [0, 0.1) is 0 Å². The number of nitrogens with zero attached hydrogens (tertiary/aromatic N) is 1. The van der Waals surface area contributed by atoms with Crippen LogP contribution in [0.5, 0.6) is 0 Å². The van der Waals surface area contributed by atoms with Gasteiger partial charge in [-0.3, -0.25) is 14.4 Å². The van der Waals surface area contributed by atoms with Gasteiger partial charge in [-0.15, -0.1) is 11.3 Å². The number of nitrogens with two attached hydrogens (primary N) is 1. The third-order valence-electron chi connectivity index (χ3n) is 4.71. The molecule has 1 atom stereocenters. The Hall–Kier alpha value is -3.45. The summed E-state index contributed by atoms with van der Waals surface area (Å²) in [6.07, 6.45) is -0.310. The van der Waals surface area contributed by atoms with Crippen LogP contribution in [0.1, 0.15) is 28.8 Å². The fourth-order valence-electron chi connectivity index (χ4n) is 3.23. The Labute approximate surface area is 178 Å². The van der Waals surface area contributed by atoms with E-state index in [0.717, 1.165) is 16.0 Å². The van der Waals surface area contributed by atoms with Crippen LogP contribution in [0.2, 0.25) is 0 Å². The van der Waals surface area contributed by atoms with E-state index in [4.69, 9.17) is 10.8 Å². The van der Waals surface area contributed by atoms with Gasteiger partial charge in [0.1, 0.15) is 6.04 Å². The lowest BCUT2D eigenvalue weighted by atomic mass is 10.0. The monoisotopic (exact) mass is 422 g/mol. The number of amides is 2. The molecule has 7 heteroatoms. The Bertz CT molecular complexity index is 1020. The molecule has 2 aromatic carbocycles. The minimum atomic E-state index is -1.05. The maximum absolute atomic E-state index is 13.4. The second-order valence-corrected chi connectivity index (χ2v) is 7.78. The molecule has 0 saturated heterocycles. The number of carbonyl (C=O) groups is 3. The van der Waals surface area contributed by atoms with Gasteiger partial charge in [-0.05, 0) is 41.1 Å². The highest BCUT2D eigenvalue weighted by atomic mass is 32.1. The van der Waals surface area contributed by atoms with Crippen molar-refractivity contribution in [2.45, 2.75) is 25.4 Å². The van der Waals surface area contributed by atoms with Crippen LogP contribution < -0.4 is 5.73 Å². The molecule has 1 heterocycles. The first-order chi connectivity index (χ1) is 14.5. The van der Waals surface area contributed by atoms with Gasteiger partial charge in [0.25, 0.3) is 5.91 Å². The van der Waals surface area contributed by atoms with Crippen molar-refractivity contribution in [2.24, 2.45) is 5.73 Å². The minimum Gasteiger partial charge on any atom is -0.481 e. The molecule has 1 aromatic heterocycles. The zero-order chi connectivity index (χ0) is 21.5. The largest absolute Gasteiger partial charge is 0.481 e. The van der Waals surface area contributed by atoms with Gasteiger partial charge in [0.15, 0.2) is 0 Å². The molecule has 0 unspecified atom stereocenters. The Kier molecular flexibility index (Phi) is 6.98. The van der Waals surface area contributed by atoms with Crippen molar-refractivity contribution in [1.82, 2.24) is 4.90 Å². The standard InChI is InChI=1S/C23H22N2O4S/c24-22(28)19(11-12-21(26)27)25(15-16-6-2-1-3-7-16)23(29)18-9-4-8-17(14-18)20-10-5-13-30-20/h1-10,13-14,19H,11-12,15H2,(H2,24,28)(H,26,27)/t19-/m0/s1. The number of carboxylic acids is 1. The van der Waals surface area contributed by atoms with E-state index in [1.54, 1.807) is 29.5 Å². The van der Waals surface area contributed by atoms with Gasteiger partial charge in [-0.1, -0.05) is 48.5 Å². The zero-order valence-electron chi connectivity index (χ0n) is 16.2. The summed E-state index contributed by atoms with van der Waals surface area (Å²) in [4.78, 5) is 39.1. The van der Waals surface area contributed by atoms with Gasteiger partial charge in [0.05, 0.1) is 0 Å². The summed E-state index contributed by atoms with van der Waals surface area (Å²) in [6.45, 7) is 0.149. The lowest BCUT2D eigenvalue weighted by Crippen LogP contribution is -2.47. The zero-order valence-corrected chi connectivity index (χ0v) is 17.0. The van der Waals surface area contributed by atoms with Crippen molar-refractivity contribution in [2.75, 3.05) is 0 Å². The fourth-order valence-corrected chi connectivity index (χ4v) is 3.95. The van der Waals surface area contributed by atoms with Gasteiger partial charge in [-0.2, -0.15) is 0 Å². The van der Waals surface area contributed by atoms with E-state index in [-0.39, 0.29) is 25.3 Å². The highest BCUT2D eigenvalue weighted by Gasteiger charge is 2.29. The van der Waals surface area contributed by atoms with Crippen molar-refractivity contribution in [3.63, 3.8) is 0 Å². The summed E-state index contributed by atoms with van der Waals surface area (Å²) in [5, 5.41) is 11.0. The molecular formula is C23H22N2O4S. The highest BCUT2D eigenvalue weighted by molar-refractivity contribution is 7.13. The topological polar surface area (TPSA) is 101 Å². The van der Waals surface area contributed by atoms with Gasteiger partial charge in [0, 0.05) is 23.4 Å². The molecule has 0 aliphatic carbocycles. The first-order valence-corrected chi connectivity index (χ1v) is 10.3. The molecule has 3 N–H and O–H groups in total. The van der Waals surface area contributed by atoms with E-state index in [1.165, 1.54) is 4.90 Å². The van der Waals surface area contributed by atoms with Crippen molar-refractivity contribution in [3.05, 3.63) is 83.2 Å². The maximum atomic E-state index is 13.4. The molecule has 6 nitrogen and oxygen atoms in total.